The van der Waals surface area contributed by atoms with Gasteiger partial charge in [-0.3, -0.25) is 0 Å². The largest absolute Gasteiger partial charge is 0.363 e. The monoisotopic (exact) mass is 165 g/mol. The minimum absolute atomic E-state index is 0.0301. The molecular weight excluding hydrogens is 161 g/mol. The first-order chi connectivity index (χ1) is 4.52. The maximum atomic E-state index is 12.1. The number of rotatable bonds is 1. The highest BCUT2D eigenvalue weighted by Crippen LogP contribution is 2.14. The van der Waals surface area contributed by atoms with Crippen LogP contribution in [0.3, 0.4) is 0 Å². The Kier molecular flexibility index (Phi) is 1.47. The molecule has 0 N–H and O–H groups in total. The topological polar surface area (TPSA) is 60.2 Å². The Morgan fingerprint density at radius 2 is 2.30 bits per heavy atom. The van der Waals surface area contributed by atoms with Crippen molar-refractivity contribution in [2.24, 2.45) is 0 Å². The fourth-order valence-corrected chi connectivity index (χ4v) is 1.07. The molecule has 1 aromatic rings. The summed E-state index contributed by atoms with van der Waals surface area (Å²) in [6.07, 6.45) is 0.755. The van der Waals surface area contributed by atoms with Crippen molar-refractivity contribution in [3.8, 4) is 0 Å². The van der Waals surface area contributed by atoms with Crippen molar-refractivity contribution in [3.63, 3.8) is 0 Å². The van der Waals surface area contributed by atoms with Gasteiger partial charge in [0.05, 0.1) is 0 Å². The summed E-state index contributed by atoms with van der Waals surface area (Å²) in [5.41, 5.74) is 0.0301. The number of halogens is 1. The quantitative estimate of drug-likeness (QED) is 0.573. The molecule has 1 rings (SSSR count). The number of hydrogen-bond donors (Lipinski definition) is 0. The van der Waals surface area contributed by atoms with Gasteiger partial charge in [0.2, 0.25) is 0 Å². The van der Waals surface area contributed by atoms with Crippen LogP contribution in [-0.2, 0) is 10.2 Å². The summed E-state index contributed by atoms with van der Waals surface area (Å²) in [7, 11) is -4.65. The predicted molar refractivity (Wildman–Crippen MR) is 29.5 cm³/mol. The smallest absolute Gasteiger partial charge is 0.337 e. The average molecular weight is 165 g/mol. The fraction of sp³-hybridized carbons (Fsp3) is 0.250. The van der Waals surface area contributed by atoms with Gasteiger partial charge in [-0.2, -0.15) is 8.42 Å². The highest BCUT2D eigenvalue weighted by molar-refractivity contribution is 7.86. The molecule has 6 heteroatoms. The molecule has 0 radical (unpaired) electrons. The van der Waals surface area contributed by atoms with Gasteiger partial charge in [0.25, 0.3) is 0 Å². The zero-order valence-electron chi connectivity index (χ0n) is 5.04. The van der Waals surface area contributed by atoms with E-state index >= 15 is 0 Å². The zero-order valence-corrected chi connectivity index (χ0v) is 5.85. The van der Waals surface area contributed by atoms with E-state index in [0.717, 1.165) is 6.26 Å². The first kappa shape index (κ1) is 7.20. The van der Waals surface area contributed by atoms with Crippen LogP contribution in [-0.4, -0.2) is 13.6 Å². The van der Waals surface area contributed by atoms with Crippen LogP contribution in [0.2, 0.25) is 0 Å². The Bertz CT molecular complexity index is 328. The minimum Gasteiger partial charge on any atom is -0.363 e. The molecule has 0 amide bonds. The van der Waals surface area contributed by atoms with Gasteiger partial charge in [-0.15, -0.1) is 3.89 Å². The van der Waals surface area contributed by atoms with Crippen molar-refractivity contribution < 1.29 is 16.8 Å². The van der Waals surface area contributed by atoms with Crippen LogP contribution in [0.4, 0.5) is 3.89 Å². The Labute approximate surface area is 56.8 Å². The van der Waals surface area contributed by atoms with E-state index in [2.05, 4.69) is 9.68 Å². The van der Waals surface area contributed by atoms with Crippen LogP contribution in [0.5, 0.6) is 0 Å². The standard InChI is InChI=1S/C4H4FNO3S/c1-3-4(2-9-6-3)10(5,7)8/h2H,1H3. The third-order valence-electron chi connectivity index (χ3n) is 0.969. The van der Waals surface area contributed by atoms with Crippen LogP contribution in [0, 0.1) is 6.92 Å². The number of hydrogen-bond acceptors (Lipinski definition) is 4. The van der Waals surface area contributed by atoms with E-state index in [1.54, 1.807) is 0 Å². The molecule has 0 aliphatic carbocycles. The van der Waals surface area contributed by atoms with Crippen molar-refractivity contribution in [1.29, 1.82) is 0 Å². The highest BCUT2D eigenvalue weighted by Gasteiger charge is 2.18. The second-order valence-corrected chi connectivity index (χ2v) is 3.02. The van der Waals surface area contributed by atoms with Crippen molar-refractivity contribution in [3.05, 3.63) is 12.0 Å². The first-order valence-corrected chi connectivity index (χ1v) is 3.76. The summed E-state index contributed by atoms with van der Waals surface area (Å²) in [4.78, 5) is -0.507. The van der Waals surface area contributed by atoms with Crippen LogP contribution < -0.4 is 0 Å². The van der Waals surface area contributed by atoms with Crippen molar-refractivity contribution in [2.45, 2.75) is 11.8 Å². The molecule has 0 aromatic carbocycles. The maximum Gasteiger partial charge on any atom is 0.337 e. The summed E-state index contributed by atoms with van der Waals surface area (Å²) >= 11 is 0. The fourth-order valence-electron chi connectivity index (χ4n) is 0.517. The average Bonchev–Trinajstić information content (AvgIpc) is 2.11. The lowest BCUT2D eigenvalue weighted by atomic mass is 10.5. The molecule has 0 unspecified atom stereocenters. The molecule has 0 spiro atoms. The van der Waals surface area contributed by atoms with E-state index in [-0.39, 0.29) is 5.69 Å². The van der Waals surface area contributed by atoms with Gasteiger partial charge in [0.1, 0.15) is 12.0 Å². The highest BCUT2D eigenvalue weighted by atomic mass is 32.3. The second kappa shape index (κ2) is 2.05. The van der Waals surface area contributed by atoms with Crippen molar-refractivity contribution in [1.82, 2.24) is 5.16 Å². The van der Waals surface area contributed by atoms with Gasteiger partial charge >= 0.3 is 10.2 Å². The summed E-state index contributed by atoms with van der Waals surface area (Å²) in [6.45, 7) is 1.34. The Balaban J connectivity index is 3.32. The Morgan fingerprint density at radius 3 is 2.50 bits per heavy atom. The molecule has 0 fully saturated rings. The predicted octanol–water partition coefficient (Wildman–Crippen LogP) is 0.641. The first-order valence-electron chi connectivity index (χ1n) is 2.37. The van der Waals surface area contributed by atoms with E-state index in [1.165, 1.54) is 6.92 Å². The van der Waals surface area contributed by atoms with E-state index < -0.39 is 15.1 Å². The van der Waals surface area contributed by atoms with Crippen molar-refractivity contribution in [2.75, 3.05) is 0 Å². The second-order valence-electron chi connectivity index (χ2n) is 1.70. The lowest BCUT2D eigenvalue weighted by Gasteiger charge is -1.84. The SMILES string of the molecule is Cc1nocc1S(=O)(=O)F. The van der Waals surface area contributed by atoms with Gasteiger partial charge in [-0.1, -0.05) is 5.16 Å². The van der Waals surface area contributed by atoms with E-state index in [4.69, 9.17) is 0 Å². The maximum absolute atomic E-state index is 12.1. The molecule has 10 heavy (non-hydrogen) atoms. The summed E-state index contributed by atoms with van der Waals surface area (Å²) in [6, 6.07) is 0. The van der Waals surface area contributed by atoms with Crippen LogP contribution in [0.1, 0.15) is 5.69 Å². The zero-order chi connectivity index (χ0) is 7.78. The van der Waals surface area contributed by atoms with Gasteiger partial charge < -0.3 is 4.52 Å². The summed E-state index contributed by atoms with van der Waals surface area (Å²) in [5.74, 6) is 0. The Hall–Kier alpha value is -0.910. The number of aromatic nitrogens is 1. The van der Waals surface area contributed by atoms with Gasteiger partial charge in [0, 0.05) is 0 Å². The molecule has 4 nitrogen and oxygen atoms in total. The lowest BCUT2D eigenvalue weighted by molar-refractivity contribution is 0.413. The molecular formula is C4H4FNO3S. The molecule has 0 saturated carbocycles. The van der Waals surface area contributed by atoms with Crippen LogP contribution in [0.15, 0.2) is 15.7 Å². The molecule has 1 heterocycles. The van der Waals surface area contributed by atoms with Gasteiger partial charge in [-0.05, 0) is 6.92 Å². The normalized spacial score (nSPS) is 11.8. The molecule has 1 aromatic heterocycles. The van der Waals surface area contributed by atoms with E-state index in [0.29, 0.717) is 0 Å². The third kappa shape index (κ3) is 1.15. The molecule has 0 bridgehead atoms. The molecule has 0 atom stereocenters. The molecule has 0 aliphatic heterocycles. The number of nitrogens with zero attached hydrogens (tertiary/aromatic N) is 1. The minimum atomic E-state index is -4.65. The van der Waals surface area contributed by atoms with E-state index in [9.17, 15) is 12.3 Å². The van der Waals surface area contributed by atoms with Crippen molar-refractivity contribution >= 4 is 10.2 Å². The molecule has 0 saturated heterocycles. The van der Waals surface area contributed by atoms with Crippen LogP contribution >= 0.6 is 0 Å². The van der Waals surface area contributed by atoms with Crippen LogP contribution in [0.25, 0.3) is 0 Å². The molecule has 0 aliphatic rings. The summed E-state index contributed by atoms with van der Waals surface area (Å²) < 4.78 is 36.6. The molecule has 56 valence electrons. The van der Waals surface area contributed by atoms with E-state index in [1.807, 2.05) is 0 Å². The lowest BCUT2D eigenvalue weighted by Crippen LogP contribution is -1.91. The Morgan fingerprint density at radius 1 is 1.70 bits per heavy atom. The van der Waals surface area contributed by atoms with Gasteiger partial charge in [-0.25, -0.2) is 0 Å². The summed E-state index contributed by atoms with van der Waals surface area (Å²) in [5, 5.41) is 3.19. The number of aryl methyl sites for hydroxylation is 1. The van der Waals surface area contributed by atoms with Gasteiger partial charge in [0.15, 0.2) is 4.90 Å². The third-order valence-corrected chi connectivity index (χ3v) is 1.89.